The van der Waals surface area contributed by atoms with Gasteiger partial charge in [0.15, 0.2) is 11.5 Å². The molecule has 2 aliphatic rings. The molecular formula is C23H20N4O10S. The zero-order valence-electron chi connectivity index (χ0n) is 19.9. The molecule has 0 aromatic heterocycles. The number of carbonyl (C=O) groups is 3. The largest absolute Gasteiger partial charge is 0.493 e. The van der Waals surface area contributed by atoms with Crippen molar-refractivity contribution < 1.29 is 38.4 Å². The second kappa shape index (κ2) is 11.3. The van der Waals surface area contributed by atoms with Crippen molar-refractivity contribution in [3.05, 3.63) is 67.1 Å². The van der Waals surface area contributed by atoms with Gasteiger partial charge in [-0.2, -0.15) is 0 Å². The molecule has 2 aliphatic heterocycles. The molecule has 0 aliphatic carbocycles. The van der Waals surface area contributed by atoms with E-state index in [0.717, 1.165) is 23.1 Å². The molecule has 14 nitrogen and oxygen atoms in total. The summed E-state index contributed by atoms with van der Waals surface area (Å²) in [5.41, 5.74) is -0.912. The van der Waals surface area contributed by atoms with Crippen molar-refractivity contribution in [3.63, 3.8) is 0 Å². The lowest BCUT2D eigenvalue weighted by Crippen LogP contribution is -2.46. The molecule has 198 valence electrons. The first-order chi connectivity index (χ1) is 18.2. The van der Waals surface area contributed by atoms with Gasteiger partial charge in [0.1, 0.15) is 6.54 Å². The van der Waals surface area contributed by atoms with Crippen LogP contribution in [0.2, 0.25) is 0 Å². The van der Waals surface area contributed by atoms with Crippen LogP contribution in [0.1, 0.15) is 5.56 Å². The average molecular weight is 544 g/mol. The number of para-hydroxylation sites is 1. The maximum atomic E-state index is 13.0. The maximum Gasteiger partial charge on any atom is 0.318 e. The number of methoxy groups -OCH3 is 1. The van der Waals surface area contributed by atoms with E-state index in [-0.39, 0.29) is 33.6 Å². The van der Waals surface area contributed by atoms with Crippen LogP contribution in [0.25, 0.3) is 6.08 Å². The summed E-state index contributed by atoms with van der Waals surface area (Å²) < 4.78 is 16.3. The minimum Gasteiger partial charge on any atom is -0.493 e. The third kappa shape index (κ3) is 5.57. The Morgan fingerprint density at radius 3 is 2.50 bits per heavy atom. The molecule has 2 aromatic rings. The number of nitro groups is 2. The molecular weight excluding hydrogens is 524 g/mol. The monoisotopic (exact) mass is 544 g/mol. The summed E-state index contributed by atoms with van der Waals surface area (Å²) in [6.07, 6.45) is 1.35. The lowest BCUT2D eigenvalue weighted by molar-refractivity contribution is -0.394. The molecule has 2 heterocycles. The normalized spacial score (nSPS) is 16.6. The van der Waals surface area contributed by atoms with E-state index in [1.165, 1.54) is 30.2 Å². The van der Waals surface area contributed by atoms with E-state index in [9.17, 15) is 34.6 Å². The Kier molecular flexibility index (Phi) is 7.87. The lowest BCUT2D eigenvalue weighted by Gasteiger charge is -2.28. The molecule has 0 saturated carbocycles. The second-order valence-electron chi connectivity index (χ2n) is 7.91. The number of hydrogen-bond acceptors (Lipinski definition) is 11. The highest BCUT2D eigenvalue weighted by Gasteiger charge is 2.37. The zero-order chi connectivity index (χ0) is 27.4. The van der Waals surface area contributed by atoms with Crippen LogP contribution in [0.15, 0.2) is 41.3 Å². The van der Waals surface area contributed by atoms with Crippen LogP contribution in [-0.2, 0) is 14.3 Å². The summed E-state index contributed by atoms with van der Waals surface area (Å²) in [6.45, 7) is 1.06. The van der Waals surface area contributed by atoms with Gasteiger partial charge in [0.25, 0.3) is 16.8 Å². The van der Waals surface area contributed by atoms with Crippen molar-refractivity contribution in [2.24, 2.45) is 0 Å². The molecule has 15 heteroatoms. The first-order valence-electron chi connectivity index (χ1n) is 11.1. The SMILES string of the molecule is COc1cccc(/C=C2\SC(=O)N(CC(=O)N3CCOCC3)C2=O)c1Oc1ccc([N+](=O)[O-])cc1[N+](=O)[O-]. The highest BCUT2D eigenvalue weighted by Crippen LogP contribution is 2.42. The van der Waals surface area contributed by atoms with Gasteiger partial charge in [-0.25, -0.2) is 0 Å². The quantitative estimate of drug-likeness (QED) is 0.271. The van der Waals surface area contributed by atoms with Crippen LogP contribution in [0.4, 0.5) is 16.2 Å². The van der Waals surface area contributed by atoms with Gasteiger partial charge in [0.05, 0.1) is 41.1 Å². The molecule has 0 N–H and O–H groups in total. The molecule has 4 rings (SSSR count). The number of benzene rings is 2. The molecule has 0 unspecified atom stereocenters. The molecule has 38 heavy (non-hydrogen) atoms. The van der Waals surface area contributed by atoms with Crippen molar-refractivity contribution in [1.29, 1.82) is 0 Å². The minimum absolute atomic E-state index is 0.001000. The summed E-state index contributed by atoms with van der Waals surface area (Å²) in [6, 6.07) is 7.51. The number of hydrogen-bond donors (Lipinski definition) is 0. The fourth-order valence-electron chi connectivity index (χ4n) is 3.70. The Morgan fingerprint density at radius 1 is 1.11 bits per heavy atom. The van der Waals surface area contributed by atoms with Gasteiger partial charge in [0.2, 0.25) is 11.7 Å². The van der Waals surface area contributed by atoms with Crippen LogP contribution in [0.3, 0.4) is 0 Å². The van der Waals surface area contributed by atoms with E-state index < -0.39 is 38.9 Å². The summed E-state index contributed by atoms with van der Waals surface area (Å²) in [4.78, 5) is 61.5. The van der Waals surface area contributed by atoms with Gasteiger partial charge in [-0.3, -0.25) is 39.5 Å². The molecule has 2 aromatic carbocycles. The Morgan fingerprint density at radius 2 is 1.84 bits per heavy atom. The van der Waals surface area contributed by atoms with E-state index in [1.54, 1.807) is 6.07 Å². The van der Waals surface area contributed by atoms with E-state index in [1.807, 2.05) is 0 Å². The first-order valence-corrected chi connectivity index (χ1v) is 11.9. The number of rotatable bonds is 8. The standard InChI is InChI=1S/C23H20N4O10S/c1-35-18-4-2-3-14(21(18)37-17-6-5-15(26(31)32)12-16(17)27(33)34)11-19-22(29)25(23(30)38-19)13-20(28)24-7-9-36-10-8-24/h2-6,11-12H,7-10,13H2,1H3/b19-11-. The fraction of sp³-hybridized carbons (Fsp3) is 0.261. The maximum absolute atomic E-state index is 13.0. The van der Waals surface area contributed by atoms with Gasteiger partial charge >= 0.3 is 5.69 Å². The number of thioether (sulfide) groups is 1. The third-order valence-electron chi connectivity index (χ3n) is 5.61. The highest BCUT2D eigenvalue weighted by molar-refractivity contribution is 8.18. The molecule has 0 bridgehead atoms. The minimum atomic E-state index is -0.825. The van der Waals surface area contributed by atoms with Crippen molar-refractivity contribution in [2.75, 3.05) is 40.0 Å². The number of non-ortho nitro benzene ring substituents is 1. The Balaban J connectivity index is 1.64. The molecule has 2 saturated heterocycles. The van der Waals surface area contributed by atoms with Crippen molar-refractivity contribution >= 4 is 46.3 Å². The fourth-order valence-corrected chi connectivity index (χ4v) is 4.53. The first kappa shape index (κ1) is 26.6. The predicted molar refractivity (Wildman–Crippen MR) is 133 cm³/mol. The highest BCUT2D eigenvalue weighted by atomic mass is 32.2. The summed E-state index contributed by atoms with van der Waals surface area (Å²) in [7, 11) is 1.33. The van der Waals surface area contributed by atoms with Crippen LogP contribution in [-0.4, -0.2) is 76.7 Å². The van der Waals surface area contributed by atoms with Crippen LogP contribution in [0, 0.1) is 20.2 Å². The Labute approximate surface area is 219 Å². The number of ether oxygens (including phenoxy) is 3. The number of carbonyl (C=O) groups excluding carboxylic acids is 3. The molecule has 0 atom stereocenters. The second-order valence-corrected chi connectivity index (χ2v) is 8.90. The summed E-state index contributed by atoms with van der Waals surface area (Å²) >= 11 is 0.630. The Bertz CT molecular complexity index is 1360. The van der Waals surface area contributed by atoms with Crippen LogP contribution in [0.5, 0.6) is 17.2 Å². The van der Waals surface area contributed by atoms with Crippen LogP contribution < -0.4 is 9.47 Å². The number of nitro benzene ring substituents is 2. The summed E-state index contributed by atoms with van der Waals surface area (Å²) in [5, 5.41) is 22.0. The molecule has 2 fully saturated rings. The van der Waals surface area contributed by atoms with Gasteiger partial charge in [-0.05, 0) is 30.0 Å². The third-order valence-corrected chi connectivity index (χ3v) is 6.52. The van der Waals surface area contributed by atoms with E-state index in [2.05, 4.69) is 0 Å². The average Bonchev–Trinajstić information content (AvgIpc) is 3.17. The topological polar surface area (TPSA) is 172 Å². The molecule has 3 amide bonds. The van der Waals surface area contributed by atoms with E-state index in [0.29, 0.717) is 38.1 Å². The van der Waals surface area contributed by atoms with Gasteiger partial charge in [0, 0.05) is 24.7 Å². The zero-order valence-corrected chi connectivity index (χ0v) is 20.7. The smallest absolute Gasteiger partial charge is 0.318 e. The number of morpholine rings is 1. The lowest BCUT2D eigenvalue weighted by atomic mass is 10.1. The predicted octanol–water partition coefficient (Wildman–Crippen LogP) is 3.20. The molecule has 0 spiro atoms. The number of amides is 3. The number of nitrogens with zero attached hydrogens (tertiary/aromatic N) is 4. The molecule has 0 radical (unpaired) electrons. The van der Waals surface area contributed by atoms with Gasteiger partial charge in [-0.1, -0.05) is 12.1 Å². The van der Waals surface area contributed by atoms with Crippen LogP contribution >= 0.6 is 11.8 Å². The number of imide groups is 1. The van der Waals surface area contributed by atoms with Gasteiger partial charge < -0.3 is 19.1 Å². The van der Waals surface area contributed by atoms with Crippen molar-refractivity contribution in [3.8, 4) is 17.2 Å². The van der Waals surface area contributed by atoms with Crippen molar-refractivity contribution in [2.45, 2.75) is 0 Å². The van der Waals surface area contributed by atoms with Gasteiger partial charge in [-0.15, -0.1) is 0 Å². The Hall–Kier alpha value is -4.50. The summed E-state index contributed by atoms with van der Waals surface area (Å²) in [5.74, 6) is -1.25. The van der Waals surface area contributed by atoms with Crippen molar-refractivity contribution in [1.82, 2.24) is 9.80 Å². The van der Waals surface area contributed by atoms with E-state index in [4.69, 9.17) is 14.2 Å². The van der Waals surface area contributed by atoms with E-state index >= 15 is 0 Å².